The molecule has 0 unspecified atom stereocenters. The number of pyridine rings is 1. The summed E-state index contributed by atoms with van der Waals surface area (Å²) in [6.45, 7) is 1.92. The molecule has 0 saturated heterocycles. The number of hydrogen-bond acceptors (Lipinski definition) is 1. The molecule has 0 N–H and O–H groups in total. The molecule has 0 spiro atoms. The van der Waals surface area contributed by atoms with Crippen molar-refractivity contribution < 1.29 is 51.4 Å². The SMILES string of the molecule is Cc1[c-]nc(Cl)cc1.[K+]. The molecule has 1 aromatic heterocycles. The maximum Gasteiger partial charge on any atom is 1.00 e. The van der Waals surface area contributed by atoms with Crippen LogP contribution in [0.15, 0.2) is 12.1 Å². The molecule has 1 heterocycles. The fourth-order valence-electron chi connectivity index (χ4n) is 0.410. The predicted octanol–water partition coefficient (Wildman–Crippen LogP) is -1.15. The van der Waals surface area contributed by atoms with E-state index in [9.17, 15) is 0 Å². The first-order chi connectivity index (χ1) is 3.79. The van der Waals surface area contributed by atoms with E-state index in [-0.39, 0.29) is 51.4 Å². The Balaban J connectivity index is 0.000000640. The van der Waals surface area contributed by atoms with Crippen LogP contribution in [0.25, 0.3) is 0 Å². The van der Waals surface area contributed by atoms with E-state index in [1.807, 2.05) is 13.0 Å². The van der Waals surface area contributed by atoms with Crippen molar-refractivity contribution in [2.24, 2.45) is 0 Å². The molecule has 0 aliphatic rings. The molecule has 0 radical (unpaired) electrons. The maximum absolute atomic E-state index is 5.47. The molecule has 0 saturated carbocycles. The van der Waals surface area contributed by atoms with Gasteiger partial charge in [0.05, 0.1) is 0 Å². The summed E-state index contributed by atoms with van der Waals surface area (Å²) in [7, 11) is 0. The molecule has 0 fully saturated rings. The summed E-state index contributed by atoms with van der Waals surface area (Å²) in [5.41, 5.74) is 1.01. The largest absolute Gasteiger partial charge is 1.00 e. The van der Waals surface area contributed by atoms with E-state index in [1.54, 1.807) is 6.07 Å². The number of rotatable bonds is 0. The van der Waals surface area contributed by atoms with E-state index in [2.05, 4.69) is 11.2 Å². The first-order valence-electron chi connectivity index (χ1n) is 2.30. The second kappa shape index (κ2) is 4.83. The predicted molar refractivity (Wildman–Crippen MR) is 32.8 cm³/mol. The third-order valence-electron chi connectivity index (χ3n) is 0.810. The minimum Gasteiger partial charge on any atom is -0.375 e. The normalized spacial score (nSPS) is 8.22. The Labute approximate surface area is 102 Å². The van der Waals surface area contributed by atoms with E-state index in [0.717, 1.165) is 5.56 Å². The van der Waals surface area contributed by atoms with Crippen molar-refractivity contribution in [3.8, 4) is 0 Å². The fraction of sp³-hybridized carbons (Fsp3) is 0.167. The summed E-state index contributed by atoms with van der Waals surface area (Å²) in [4.78, 5) is 3.72. The van der Waals surface area contributed by atoms with Gasteiger partial charge >= 0.3 is 51.4 Å². The van der Waals surface area contributed by atoms with Crippen molar-refractivity contribution in [2.75, 3.05) is 0 Å². The Morgan fingerprint density at radius 3 is 2.56 bits per heavy atom. The van der Waals surface area contributed by atoms with Gasteiger partial charge in [0.1, 0.15) is 0 Å². The van der Waals surface area contributed by atoms with E-state index in [1.165, 1.54) is 0 Å². The van der Waals surface area contributed by atoms with Crippen molar-refractivity contribution in [1.29, 1.82) is 0 Å². The van der Waals surface area contributed by atoms with Gasteiger partial charge in [-0.25, -0.2) is 0 Å². The van der Waals surface area contributed by atoms with Crippen molar-refractivity contribution in [3.63, 3.8) is 0 Å². The molecular formula is C6H5ClKN. The van der Waals surface area contributed by atoms with Gasteiger partial charge in [-0.3, -0.25) is 0 Å². The van der Waals surface area contributed by atoms with Gasteiger partial charge in [0.2, 0.25) is 0 Å². The Bertz CT molecular complexity index is 152. The molecule has 0 aromatic carbocycles. The van der Waals surface area contributed by atoms with Crippen molar-refractivity contribution in [3.05, 3.63) is 29.0 Å². The molecule has 1 aromatic rings. The van der Waals surface area contributed by atoms with Crippen LogP contribution in [-0.4, -0.2) is 4.98 Å². The van der Waals surface area contributed by atoms with Crippen molar-refractivity contribution in [1.82, 2.24) is 4.98 Å². The number of aromatic nitrogens is 1. The van der Waals surface area contributed by atoms with Crippen LogP contribution in [-0.2, 0) is 0 Å². The van der Waals surface area contributed by atoms with Gasteiger partial charge < -0.3 is 4.98 Å². The van der Waals surface area contributed by atoms with E-state index in [0.29, 0.717) is 5.15 Å². The topological polar surface area (TPSA) is 12.9 Å². The fourth-order valence-corrected chi connectivity index (χ4v) is 0.515. The van der Waals surface area contributed by atoms with Crippen molar-refractivity contribution in [2.45, 2.75) is 6.92 Å². The van der Waals surface area contributed by atoms with Crippen LogP contribution in [0.3, 0.4) is 0 Å². The average molecular weight is 166 g/mol. The quantitative estimate of drug-likeness (QED) is 0.269. The van der Waals surface area contributed by atoms with Crippen LogP contribution in [0.1, 0.15) is 5.56 Å². The van der Waals surface area contributed by atoms with E-state index >= 15 is 0 Å². The third-order valence-corrected chi connectivity index (χ3v) is 1.02. The molecular weight excluding hydrogens is 161 g/mol. The summed E-state index contributed by atoms with van der Waals surface area (Å²) >= 11 is 5.47. The Kier molecular flexibility index (Phi) is 5.40. The van der Waals surface area contributed by atoms with Crippen LogP contribution < -0.4 is 51.4 Å². The molecule has 9 heavy (non-hydrogen) atoms. The zero-order valence-corrected chi connectivity index (χ0v) is 9.36. The zero-order chi connectivity index (χ0) is 5.98. The van der Waals surface area contributed by atoms with Gasteiger partial charge in [-0.2, -0.15) is 6.07 Å². The van der Waals surface area contributed by atoms with Gasteiger partial charge in [0.25, 0.3) is 0 Å². The van der Waals surface area contributed by atoms with Crippen LogP contribution in [0, 0.1) is 13.1 Å². The van der Waals surface area contributed by atoms with Gasteiger partial charge in [-0.05, 0) is 0 Å². The molecule has 0 bridgehead atoms. The minimum atomic E-state index is 0. The number of hydrogen-bond donors (Lipinski definition) is 0. The van der Waals surface area contributed by atoms with Crippen LogP contribution in [0.5, 0.6) is 0 Å². The van der Waals surface area contributed by atoms with Gasteiger partial charge in [0.15, 0.2) is 0 Å². The molecule has 42 valence electrons. The second-order valence-corrected chi connectivity index (χ2v) is 1.95. The van der Waals surface area contributed by atoms with E-state index < -0.39 is 0 Å². The Hall–Kier alpha value is 1.08. The molecule has 1 nitrogen and oxygen atoms in total. The number of aryl methyl sites for hydroxylation is 1. The summed E-state index contributed by atoms with van der Waals surface area (Å²) in [6.07, 6.45) is 2.72. The van der Waals surface area contributed by atoms with Gasteiger partial charge in [-0.1, -0.05) is 13.1 Å². The minimum absolute atomic E-state index is 0. The second-order valence-electron chi connectivity index (χ2n) is 1.56. The van der Waals surface area contributed by atoms with Crippen LogP contribution in [0.4, 0.5) is 0 Å². The standard InChI is InChI=1S/C6H5ClN.K/c1-5-2-3-6(7)8-4-5;/h2-3H,1H3;/q-1;+1. The molecule has 3 heteroatoms. The van der Waals surface area contributed by atoms with Crippen molar-refractivity contribution >= 4 is 11.6 Å². The average Bonchev–Trinajstić information content (AvgIpc) is 1.77. The van der Waals surface area contributed by atoms with Crippen LogP contribution in [0.2, 0.25) is 5.15 Å². The molecule has 0 amide bonds. The Morgan fingerprint density at radius 2 is 2.22 bits per heavy atom. The van der Waals surface area contributed by atoms with Gasteiger partial charge in [0, 0.05) is 5.15 Å². The first-order valence-corrected chi connectivity index (χ1v) is 2.67. The number of nitrogens with zero attached hydrogens (tertiary/aromatic N) is 1. The maximum atomic E-state index is 5.47. The monoisotopic (exact) mass is 165 g/mol. The summed E-state index contributed by atoms with van der Waals surface area (Å²) in [5.74, 6) is 0. The first kappa shape index (κ1) is 10.1. The molecule has 0 atom stereocenters. The van der Waals surface area contributed by atoms with Crippen LogP contribution >= 0.6 is 11.6 Å². The van der Waals surface area contributed by atoms with Gasteiger partial charge in [-0.15, -0.1) is 23.2 Å². The summed E-state index contributed by atoms with van der Waals surface area (Å²) < 4.78 is 0. The molecule has 1 rings (SSSR count). The third kappa shape index (κ3) is 3.70. The smallest absolute Gasteiger partial charge is 0.375 e. The van der Waals surface area contributed by atoms with E-state index in [4.69, 9.17) is 11.6 Å². The summed E-state index contributed by atoms with van der Waals surface area (Å²) in [5, 5.41) is 0.496. The summed E-state index contributed by atoms with van der Waals surface area (Å²) in [6, 6.07) is 3.61. The zero-order valence-electron chi connectivity index (χ0n) is 5.48. The molecule has 0 aliphatic heterocycles. The Morgan fingerprint density at radius 1 is 1.56 bits per heavy atom. The number of halogens is 1. The molecule has 0 aliphatic carbocycles.